The third-order valence-corrected chi connectivity index (χ3v) is 2.72. The van der Waals surface area contributed by atoms with Gasteiger partial charge in [0.1, 0.15) is 19.3 Å². The van der Waals surface area contributed by atoms with Gasteiger partial charge in [0.25, 0.3) is 0 Å². The standard InChI is InChI=1S/C10H10FN5O/c11-4-6-5-17-9-7(2-1-3-8(9)12)10-13-14-15-16(6)10/h1-3,6H,4-5,12H2/t6-/m0/s1. The Bertz CT molecular complexity index is 555. The lowest BCUT2D eigenvalue weighted by molar-refractivity contribution is 0.215. The molecule has 17 heavy (non-hydrogen) atoms. The molecule has 88 valence electrons. The number of alkyl halides is 1. The third kappa shape index (κ3) is 1.42. The highest BCUT2D eigenvalue weighted by Gasteiger charge is 2.26. The summed E-state index contributed by atoms with van der Waals surface area (Å²) >= 11 is 0. The Kier molecular flexibility index (Phi) is 2.17. The Balaban J connectivity index is 2.23. The summed E-state index contributed by atoms with van der Waals surface area (Å²) in [6.45, 7) is -0.429. The van der Waals surface area contributed by atoms with Gasteiger partial charge in [-0.1, -0.05) is 6.07 Å². The maximum atomic E-state index is 12.9. The molecule has 0 aliphatic carbocycles. The van der Waals surface area contributed by atoms with Gasteiger partial charge in [0.05, 0.1) is 11.3 Å². The van der Waals surface area contributed by atoms with Crippen LogP contribution < -0.4 is 10.5 Å². The Morgan fingerprint density at radius 1 is 1.53 bits per heavy atom. The number of hydrogen-bond acceptors (Lipinski definition) is 5. The molecule has 0 saturated carbocycles. The van der Waals surface area contributed by atoms with Crippen molar-refractivity contribution in [3.05, 3.63) is 18.2 Å². The Labute approximate surface area is 96.2 Å². The van der Waals surface area contributed by atoms with E-state index in [1.54, 1.807) is 18.2 Å². The fourth-order valence-corrected chi connectivity index (χ4v) is 1.87. The molecule has 2 aromatic rings. The molecule has 6 nitrogen and oxygen atoms in total. The minimum Gasteiger partial charge on any atom is -0.488 e. The number of para-hydroxylation sites is 1. The van der Waals surface area contributed by atoms with Gasteiger partial charge in [0.15, 0.2) is 11.6 Å². The summed E-state index contributed by atoms with van der Waals surface area (Å²) < 4.78 is 19.9. The van der Waals surface area contributed by atoms with Crippen LogP contribution in [0.3, 0.4) is 0 Å². The van der Waals surface area contributed by atoms with Crippen LogP contribution in [0.2, 0.25) is 0 Å². The van der Waals surface area contributed by atoms with E-state index in [4.69, 9.17) is 10.5 Å². The number of rotatable bonds is 1. The summed E-state index contributed by atoms with van der Waals surface area (Å²) in [5.41, 5.74) is 7.01. The predicted octanol–water partition coefficient (Wildman–Crippen LogP) is 0.825. The second-order valence-corrected chi connectivity index (χ2v) is 3.79. The van der Waals surface area contributed by atoms with Crippen LogP contribution in [0, 0.1) is 0 Å². The van der Waals surface area contributed by atoms with Crippen LogP contribution in [0.25, 0.3) is 11.4 Å². The molecule has 1 aliphatic rings. The molecule has 0 saturated heterocycles. The maximum Gasteiger partial charge on any atom is 0.186 e. The predicted molar refractivity (Wildman–Crippen MR) is 58.2 cm³/mol. The summed E-state index contributed by atoms with van der Waals surface area (Å²) in [7, 11) is 0. The average Bonchev–Trinajstić information content (AvgIpc) is 2.75. The largest absolute Gasteiger partial charge is 0.488 e. The molecule has 2 heterocycles. The number of nitrogen functional groups attached to an aromatic ring is 1. The summed E-state index contributed by atoms with van der Waals surface area (Å²) in [5, 5.41) is 11.3. The van der Waals surface area contributed by atoms with Crippen molar-refractivity contribution < 1.29 is 9.13 Å². The zero-order valence-electron chi connectivity index (χ0n) is 8.88. The number of ether oxygens (including phenoxy) is 1. The number of nitrogens with zero attached hydrogens (tertiary/aromatic N) is 4. The first-order valence-corrected chi connectivity index (χ1v) is 5.16. The van der Waals surface area contributed by atoms with E-state index < -0.39 is 12.7 Å². The molecule has 1 aliphatic heterocycles. The number of nitrogens with two attached hydrogens (primary N) is 1. The molecular formula is C10H10FN5O. The van der Waals surface area contributed by atoms with Gasteiger partial charge in [-0.2, -0.15) is 0 Å². The summed E-state index contributed by atoms with van der Waals surface area (Å²) in [4.78, 5) is 0. The first kappa shape index (κ1) is 10.0. The topological polar surface area (TPSA) is 78.9 Å². The highest BCUT2D eigenvalue weighted by atomic mass is 19.1. The van der Waals surface area contributed by atoms with E-state index in [0.29, 0.717) is 22.8 Å². The number of anilines is 1. The van der Waals surface area contributed by atoms with Gasteiger partial charge >= 0.3 is 0 Å². The highest BCUT2D eigenvalue weighted by molar-refractivity contribution is 5.73. The van der Waals surface area contributed by atoms with Crippen molar-refractivity contribution in [2.75, 3.05) is 19.0 Å². The number of benzene rings is 1. The number of tetrazole rings is 1. The van der Waals surface area contributed by atoms with Crippen LogP contribution in [0.4, 0.5) is 10.1 Å². The van der Waals surface area contributed by atoms with Crippen LogP contribution in [0.1, 0.15) is 6.04 Å². The Morgan fingerprint density at radius 2 is 2.41 bits per heavy atom. The summed E-state index contributed by atoms with van der Waals surface area (Å²) in [5.74, 6) is 0.993. The zero-order valence-corrected chi connectivity index (χ0v) is 8.88. The van der Waals surface area contributed by atoms with Gasteiger partial charge in [-0.15, -0.1) is 5.10 Å². The molecule has 1 aromatic heterocycles. The molecule has 2 N–H and O–H groups in total. The first-order valence-electron chi connectivity index (χ1n) is 5.16. The molecule has 0 fully saturated rings. The molecule has 7 heteroatoms. The van der Waals surface area contributed by atoms with Crippen LogP contribution >= 0.6 is 0 Å². The molecule has 0 amide bonds. The lowest BCUT2D eigenvalue weighted by atomic mass is 10.1. The molecule has 3 rings (SSSR count). The molecule has 0 radical (unpaired) electrons. The minimum absolute atomic E-state index is 0.162. The van der Waals surface area contributed by atoms with Crippen molar-refractivity contribution in [1.82, 2.24) is 20.2 Å². The normalized spacial score (nSPS) is 17.8. The monoisotopic (exact) mass is 235 g/mol. The minimum atomic E-state index is -0.591. The molecule has 0 unspecified atom stereocenters. The van der Waals surface area contributed by atoms with E-state index in [2.05, 4.69) is 15.5 Å². The second kappa shape index (κ2) is 3.69. The smallest absolute Gasteiger partial charge is 0.186 e. The lowest BCUT2D eigenvalue weighted by Crippen LogP contribution is -2.19. The molecular weight excluding hydrogens is 225 g/mol. The SMILES string of the molecule is Nc1cccc2c1OC[C@H](CF)n1nnnc1-2. The summed E-state index contributed by atoms with van der Waals surface area (Å²) in [6.07, 6.45) is 0. The Morgan fingerprint density at radius 3 is 3.24 bits per heavy atom. The maximum absolute atomic E-state index is 12.9. The van der Waals surface area contributed by atoms with E-state index >= 15 is 0 Å². The van der Waals surface area contributed by atoms with Crippen LogP contribution in [-0.2, 0) is 0 Å². The van der Waals surface area contributed by atoms with Crippen molar-refractivity contribution in [1.29, 1.82) is 0 Å². The van der Waals surface area contributed by atoms with Crippen LogP contribution in [0.5, 0.6) is 5.75 Å². The van der Waals surface area contributed by atoms with Crippen molar-refractivity contribution >= 4 is 5.69 Å². The van der Waals surface area contributed by atoms with Gasteiger partial charge in [0.2, 0.25) is 0 Å². The van der Waals surface area contributed by atoms with Crippen LogP contribution in [0.15, 0.2) is 18.2 Å². The van der Waals surface area contributed by atoms with E-state index in [1.165, 1.54) is 4.68 Å². The molecule has 0 bridgehead atoms. The van der Waals surface area contributed by atoms with Gasteiger partial charge in [-0.05, 0) is 22.6 Å². The number of hydrogen-bond donors (Lipinski definition) is 1. The van der Waals surface area contributed by atoms with Gasteiger partial charge < -0.3 is 10.5 Å². The summed E-state index contributed by atoms with van der Waals surface area (Å²) in [6, 6.07) is 4.79. The van der Waals surface area contributed by atoms with Gasteiger partial charge in [-0.25, -0.2) is 9.07 Å². The number of aromatic nitrogens is 4. The quantitative estimate of drug-likeness (QED) is 0.740. The van der Waals surface area contributed by atoms with E-state index in [0.717, 1.165) is 0 Å². The van der Waals surface area contributed by atoms with Crippen molar-refractivity contribution in [2.45, 2.75) is 6.04 Å². The molecule has 0 spiro atoms. The van der Waals surface area contributed by atoms with E-state index in [9.17, 15) is 4.39 Å². The average molecular weight is 235 g/mol. The molecule has 1 atom stereocenters. The van der Waals surface area contributed by atoms with Gasteiger partial charge in [-0.3, -0.25) is 0 Å². The number of fused-ring (bicyclic) bond motifs is 3. The fraction of sp³-hybridized carbons (Fsp3) is 0.300. The second-order valence-electron chi connectivity index (χ2n) is 3.79. The Hall–Kier alpha value is -2.18. The van der Waals surface area contributed by atoms with Gasteiger partial charge in [0, 0.05) is 0 Å². The van der Waals surface area contributed by atoms with Crippen LogP contribution in [-0.4, -0.2) is 33.5 Å². The number of halogens is 1. The van der Waals surface area contributed by atoms with E-state index in [1.807, 2.05) is 0 Å². The van der Waals surface area contributed by atoms with Crippen molar-refractivity contribution in [3.8, 4) is 17.1 Å². The van der Waals surface area contributed by atoms with Crippen molar-refractivity contribution in [3.63, 3.8) is 0 Å². The van der Waals surface area contributed by atoms with E-state index in [-0.39, 0.29) is 6.61 Å². The lowest BCUT2D eigenvalue weighted by Gasteiger charge is -2.11. The zero-order chi connectivity index (χ0) is 11.8. The van der Waals surface area contributed by atoms with Crippen molar-refractivity contribution in [2.24, 2.45) is 0 Å². The first-order chi connectivity index (χ1) is 8.31. The molecule has 1 aromatic carbocycles. The fourth-order valence-electron chi connectivity index (χ4n) is 1.87. The third-order valence-electron chi connectivity index (χ3n) is 2.72. The highest BCUT2D eigenvalue weighted by Crippen LogP contribution is 2.37.